The molecule has 0 amide bonds. The molecule has 5 nitrogen and oxygen atoms in total. The van der Waals surface area contributed by atoms with Crippen LogP contribution in [0.15, 0.2) is 77.2 Å². The molecule has 0 saturated heterocycles. The number of halogens is 1. The van der Waals surface area contributed by atoms with Gasteiger partial charge in [0, 0.05) is 13.0 Å². The van der Waals surface area contributed by atoms with Crippen molar-refractivity contribution in [3.63, 3.8) is 0 Å². The van der Waals surface area contributed by atoms with Crippen LogP contribution in [0.25, 0.3) is 11.1 Å². The number of rotatable bonds is 7. The lowest BCUT2D eigenvalue weighted by atomic mass is 9.93. The lowest BCUT2D eigenvalue weighted by molar-refractivity contribution is 0.0803. The third kappa shape index (κ3) is 5.52. The molecule has 0 fully saturated rings. The van der Waals surface area contributed by atoms with Crippen LogP contribution >= 0.6 is 0 Å². The van der Waals surface area contributed by atoms with Crippen molar-refractivity contribution in [2.45, 2.75) is 50.5 Å². The highest BCUT2D eigenvalue weighted by Gasteiger charge is 2.47. The molecule has 4 rings (SSSR count). The summed E-state index contributed by atoms with van der Waals surface area (Å²) in [5.74, 6) is -0.496. The molecule has 1 unspecified atom stereocenters. The van der Waals surface area contributed by atoms with Gasteiger partial charge in [0.2, 0.25) is 5.90 Å². The van der Waals surface area contributed by atoms with Crippen LogP contribution in [0.5, 0.6) is 0 Å². The Morgan fingerprint density at radius 3 is 2.28 bits per heavy atom. The lowest BCUT2D eigenvalue weighted by Crippen LogP contribution is -2.43. The zero-order valence-electron chi connectivity index (χ0n) is 21.4. The Bertz CT molecular complexity index is 1370. The molecule has 0 aliphatic carbocycles. The molecule has 0 radical (unpaired) electrons. The van der Waals surface area contributed by atoms with Crippen molar-refractivity contribution in [1.29, 1.82) is 0 Å². The molecule has 0 N–H and O–H groups in total. The van der Waals surface area contributed by atoms with E-state index in [-0.39, 0.29) is 24.1 Å². The van der Waals surface area contributed by atoms with Crippen LogP contribution in [-0.2, 0) is 21.3 Å². The van der Waals surface area contributed by atoms with Crippen molar-refractivity contribution in [2.75, 3.05) is 14.1 Å². The minimum absolute atomic E-state index is 0.112. The number of sulfonamides is 1. The summed E-state index contributed by atoms with van der Waals surface area (Å²) in [6.07, 6.45) is 0.192. The first-order valence-corrected chi connectivity index (χ1v) is 13.6. The van der Waals surface area contributed by atoms with Crippen LogP contribution in [0.4, 0.5) is 4.39 Å². The van der Waals surface area contributed by atoms with E-state index >= 15 is 0 Å². The number of hydrogen-bond acceptors (Lipinski definition) is 4. The Hall–Kier alpha value is -3.03. The summed E-state index contributed by atoms with van der Waals surface area (Å²) < 4.78 is 51.1. The van der Waals surface area contributed by atoms with E-state index in [1.807, 2.05) is 57.4 Å². The van der Waals surface area contributed by atoms with Crippen molar-refractivity contribution in [1.82, 2.24) is 4.90 Å². The predicted molar refractivity (Wildman–Crippen MR) is 143 cm³/mol. The van der Waals surface area contributed by atoms with Crippen molar-refractivity contribution in [3.8, 4) is 11.1 Å². The minimum Gasteiger partial charge on any atom is -0.472 e. The number of nitrogens with zero attached hydrogens (tertiary/aromatic N) is 2. The van der Waals surface area contributed by atoms with Gasteiger partial charge in [-0.1, -0.05) is 73.7 Å². The molecule has 3 aromatic rings. The molecule has 190 valence electrons. The van der Waals surface area contributed by atoms with Crippen LogP contribution in [0.2, 0.25) is 0 Å². The van der Waals surface area contributed by atoms with E-state index in [2.05, 4.69) is 21.4 Å². The van der Waals surface area contributed by atoms with Gasteiger partial charge in [0.25, 0.3) is 10.0 Å². The van der Waals surface area contributed by atoms with E-state index in [0.717, 1.165) is 17.7 Å². The largest absolute Gasteiger partial charge is 0.472 e. The molecule has 3 aromatic carbocycles. The summed E-state index contributed by atoms with van der Waals surface area (Å²) in [6, 6.07) is 22.3. The Kier molecular flexibility index (Phi) is 7.34. The maximum atomic E-state index is 14.2. The first-order chi connectivity index (χ1) is 17.0. The van der Waals surface area contributed by atoms with E-state index in [4.69, 9.17) is 4.74 Å². The number of benzene rings is 3. The monoisotopic (exact) mass is 508 g/mol. The van der Waals surface area contributed by atoms with Crippen LogP contribution in [0.3, 0.4) is 0 Å². The van der Waals surface area contributed by atoms with Gasteiger partial charge in [0.05, 0.1) is 0 Å². The molecule has 1 aliphatic heterocycles. The molecular formula is C29H33FN2O3S. The second-order valence-electron chi connectivity index (χ2n) is 10.2. The fourth-order valence-electron chi connectivity index (χ4n) is 4.95. The van der Waals surface area contributed by atoms with Crippen LogP contribution in [0, 0.1) is 5.82 Å². The molecular weight excluding hydrogens is 475 g/mol. The third-order valence-electron chi connectivity index (χ3n) is 6.48. The average molecular weight is 509 g/mol. The van der Waals surface area contributed by atoms with E-state index in [9.17, 15) is 12.8 Å². The highest BCUT2D eigenvalue weighted by atomic mass is 32.2. The molecule has 2 atom stereocenters. The molecule has 36 heavy (non-hydrogen) atoms. The van der Waals surface area contributed by atoms with Gasteiger partial charge in [-0.2, -0.15) is 0 Å². The second kappa shape index (κ2) is 10.1. The van der Waals surface area contributed by atoms with Crippen LogP contribution in [0.1, 0.15) is 55.1 Å². The average Bonchev–Trinajstić information content (AvgIpc) is 2.78. The summed E-state index contributed by atoms with van der Waals surface area (Å²) in [7, 11) is 0.149. The van der Waals surface area contributed by atoms with Gasteiger partial charge in [-0.25, -0.2) is 12.8 Å². The number of hydrogen-bond donors (Lipinski definition) is 0. The standard InChI is InChI=1S/C29H33FN2O3S/c1-20(24-11-8-9-13-26(24)30)18-27-31-36(33,34)28(29(2,3)35-27)22-16-14-21(15-17-22)25-12-7-6-10-23(25)19-32(4)5/h6-17,20,28H,18-19H2,1-5H3/t20-,28?/m1/s1. The van der Waals surface area contributed by atoms with Crippen molar-refractivity contribution < 1.29 is 17.5 Å². The SMILES string of the molecule is C[C@H](CC1=NS(=O)(=O)C(c2ccc(-c3ccccc3CN(C)C)cc2)C(C)(C)O1)c1ccccc1F. The zero-order chi connectivity index (χ0) is 26.1. The Morgan fingerprint density at radius 1 is 1.00 bits per heavy atom. The summed E-state index contributed by atoms with van der Waals surface area (Å²) in [5.41, 5.74) is 3.41. The Labute approximate surface area is 213 Å². The first kappa shape index (κ1) is 26.0. The van der Waals surface area contributed by atoms with Crippen LogP contribution in [-0.4, -0.2) is 38.9 Å². The van der Waals surface area contributed by atoms with Gasteiger partial charge in [-0.05, 0) is 67.7 Å². The molecule has 0 aromatic heterocycles. The van der Waals surface area contributed by atoms with Crippen molar-refractivity contribution in [2.24, 2.45) is 4.40 Å². The van der Waals surface area contributed by atoms with Gasteiger partial charge < -0.3 is 9.64 Å². The fraction of sp³-hybridized carbons (Fsp3) is 0.345. The van der Waals surface area contributed by atoms with Gasteiger partial charge in [-0.15, -0.1) is 4.40 Å². The summed E-state index contributed by atoms with van der Waals surface area (Å²) in [6.45, 7) is 6.16. The molecule has 0 saturated carbocycles. The molecule has 1 aliphatic rings. The van der Waals surface area contributed by atoms with E-state index in [1.165, 1.54) is 11.6 Å². The van der Waals surface area contributed by atoms with Crippen molar-refractivity contribution >= 4 is 15.9 Å². The van der Waals surface area contributed by atoms with Gasteiger partial charge >= 0.3 is 0 Å². The highest BCUT2D eigenvalue weighted by Crippen LogP contribution is 2.42. The van der Waals surface area contributed by atoms with E-state index in [1.54, 1.807) is 32.0 Å². The second-order valence-corrected chi connectivity index (χ2v) is 11.9. The minimum atomic E-state index is -3.91. The highest BCUT2D eigenvalue weighted by molar-refractivity contribution is 7.90. The predicted octanol–water partition coefficient (Wildman–Crippen LogP) is 6.33. The quantitative estimate of drug-likeness (QED) is 0.374. The maximum absolute atomic E-state index is 14.2. The normalized spacial score (nSPS) is 19.4. The lowest BCUT2D eigenvalue weighted by Gasteiger charge is -2.37. The fourth-order valence-corrected chi connectivity index (χ4v) is 6.71. The summed E-state index contributed by atoms with van der Waals surface area (Å²) >= 11 is 0. The Morgan fingerprint density at radius 2 is 1.64 bits per heavy atom. The van der Waals surface area contributed by atoms with E-state index in [0.29, 0.717) is 11.1 Å². The third-order valence-corrected chi connectivity index (χ3v) is 8.38. The summed E-state index contributed by atoms with van der Waals surface area (Å²) in [5, 5.41) is -0.955. The zero-order valence-corrected chi connectivity index (χ0v) is 22.2. The molecule has 0 spiro atoms. The maximum Gasteiger partial charge on any atom is 0.267 e. The Balaban J connectivity index is 1.61. The molecule has 1 heterocycles. The first-order valence-electron chi connectivity index (χ1n) is 12.1. The topological polar surface area (TPSA) is 59.0 Å². The van der Waals surface area contributed by atoms with Crippen molar-refractivity contribution in [3.05, 3.63) is 95.3 Å². The van der Waals surface area contributed by atoms with Gasteiger partial charge in [0.15, 0.2) is 0 Å². The molecule has 0 bridgehead atoms. The van der Waals surface area contributed by atoms with Gasteiger partial charge in [0.1, 0.15) is 16.7 Å². The van der Waals surface area contributed by atoms with Gasteiger partial charge in [-0.3, -0.25) is 0 Å². The van der Waals surface area contributed by atoms with Crippen LogP contribution < -0.4 is 0 Å². The van der Waals surface area contributed by atoms with E-state index < -0.39 is 20.9 Å². The number of ether oxygens (including phenoxy) is 1. The smallest absolute Gasteiger partial charge is 0.267 e. The summed E-state index contributed by atoms with van der Waals surface area (Å²) in [4.78, 5) is 2.12. The molecule has 7 heteroatoms.